The van der Waals surface area contributed by atoms with Gasteiger partial charge in [0.2, 0.25) is 15.6 Å². The van der Waals surface area contributed by atoms with Crippen molar-refractivity contribution in [2.24, 2.45) is 0 Å². The summed E-state index contributed by atoms with van der Waals surface area (Å²) in [5.41, 5.74) is 0.307. The van der Waals surface area contributed by atoms with Crippen molar-refractivity contribution in [2.75, 3.05) is 40.3 Å². The van der Waals surface area contributed by atoms with Crippen LogP contribution in [0.1, 0.15) is 37.0 Å². The summed E-state index contributed by atoms with van der Waals surface area (Å²) in [4.78, 5) is 32.2. The number of likely N-dealkylation sites (tertiary alicyclic amines) is 1. The third kappa shape index (κ3) is 4.28. The van der Waals surface area contributed by atoms with Crippen LogP contribution in [0.25, 0.3) is 10.9 Å². The molecule has 1 aliphatic heterocycles. The van der Waals surface area contributed by atoms with Gasteiger partial charge >= 0.3 is 0 Å². The van der Waals surface area contributed by atoms with E-state index in [1.165, 1.54) is 22.5 Å². The number of rotatable bonds is 6. The maximum atomic E-state index is 13.3. The van der Waals surface area contributed by atoms with E-state index in [4.69, 9.17) is 0 Å². The molecule has 1 N–H and O–H groups in total. The first-order valence-corrected chi connectivity index (χ1v) is 11.8. The van der Waals surface area contributed by atoms with Gasteiger partial charge in [0.05, 0.1) is 10.5 Å². The summed E-state index contributed by atoms with van der Waals surface area (Å²) in [5, 5.41) is 0.444. The van der Waals surface area contributed by atoms with Crippen molar-refractivity contribution in [2.45, 2.75) is 37.6 Å². The number of nitrogens with zero attached hydrogens (tertiary/aromatic N) is 3. The monoisotopic (exact) mass is 434 g/mol. The third-order valence-corrected chi connectivity index (χ3v) is 7.85. The Morgan fingerprint density at radius 1 is 1.20 bits per heavy atom. The lowest BCUT2D eigenvalue weighted by molar-refractivity contribution is 0.0637. The number of H-pyrrole nitrogens is 1. The number of pyridine rings is 1. The fourth-order valence-corrected chi connectivity index (χ4v) is 5.50. The number of amides is 1. The second-order valence-electron chi connectivity index (χ2n) is 7.85. The number of benzene rings is 1. The van der Waals surface area contributed by atoms with Gasteiger partial charge in [-0.3, -0.25) is 9.59 Å². The van der Waals surface area contributed by atoms with Crippen molar-refractivity contribution in [3.05, 3.63) is 40.2 Å². The molecule has 0 spiro atoms. The smallest absolute Gasteiger partial charge is 0.254 e. The molecule has 2 heterocycles. The molecule has 1 unspecified atom stereocenters. The summed E-state index contributed by atoms with van der Waals surface area (Å²) in [6.07, 6.45) is 1.90. The van der Waals surface area contributed by atoms with Gasteiger partial charge in [0.1, 0.15) is 0 Å². The second kappa shape index (κ2) is 8.87. The molecule has 1 aromatic carbocycles. The Labute approximate surface area is 177 Å². The first-order chi connectivity index (χ1) is 14.2. The molecule has 164 valence electrons. The summed E-state index contributed by atoms with van der Waals surface area (Å²) >= 11 is 0. The number of hydrogen-bond acceptors (Lipinski definition) is 5. The molecule has 8 nitrogen and oxygen atoms in total. The molecule has 0 bridgehead atoms. The third-order valence-electron chi connectivity index (χ3n) is 5.80. The Morgan fingerprint density at radius 2 is 1.90 bits per heavy atom. The molecule has 0 radical (unpaired) electrons. The molecule has 1 saturated heterocycles. The Bertz CT molecular complexity index is 1090. The fraction of sp³-hybridized carbons (Fsp3) is 0.524. The van der Waals surface area contributed by atoms with Gasteiger partial charge in [-0.1, -0.05) is 13.8 Å². The highest BCUT2D eigenvalue weighted by Gasteiger charge is 2.28. The van der Waals surface area contributed by atoms with Gasteiger partial charge in [0, 0.05) is 49.2 Å². The number of nitrogens with one attached hydrogen (secondary N) is 1. The summed E-state index contributed by atoms with van der Waals surface area (Å²) in [7, 11) is 0.303. The van der Waals surface area contributed by atoms with Gasteiger partial charge in [-0.25, -0.2) is 8.42 Å². The van der Waals surface area contributed by atoms with Crippen LogP contribution in [0, 0.1) is 0 Å². The molecule has 30 heavy (non-hydrogen) atoms. The molecular formula is C21H30N4O4S. The van der Waals surface area contributed by atoms with E-state index in [0.29, 0.717) is 37.1 Å². The van der Waals surface area contributed by atoms with Crippen LogP contribution >= 0.6 is 0 Å². The number of carbonyl (C=O) groups excluding carboxylic acids is 1. The van der Waals surface area contributed by atoms with Crippen molar-refractivity contribution >= 4 is 26.8 Å². The number of fused-ring (bicyclic) bond motifs is 1. The van der Waals surface area contributed by atoms with Crippen molar-refractivity contribution < 1.29 is 13.2 Å². The van der Waals surface area contributed by atoms with Crippen LogP contribution in [0.2, 0.25) is 0 Å². The van der Waals surface area contributed by atoms with Gasteiger partial charge in [-0.15, -0.1) is 0 Å². The largest absolute Gasteiger partial charge is 0.337 e. The average Bonchev–Trinajstić information content (AvgIpc) is 2.73. The van der Waals surface area contributed by atoms with Gasteiger partial charge in [0.25, 0.3) is 5.91 Å². The van der Waals surface area contributed by atoms with E-state index in [1.54, 1.807) is 24.8 Å². The number of piperidine rings is 1. The number of sulfonamides is 1. The van der Waals surface area contributed by atoms with E-state index in [9.17, 15) is 18.0 Å². The predicted molar refractivity (Wildman–Crippen MR) is 117 cm³/mol. The van der Waals surface area contributed by atoms with E-state index >= 15 is 0 Å². The molecule has 1 fully saturated rings. The van der Waals surface area contributed by atoms with E-state index in [-0.39, 0.29) is 28.0 Å². The van der Waals surface area contributed by atoms with Crippen molar-refractivity contribution in [1.82, 2.24) is 19.1 Å². The Hall–Kier alpha value is -2.23. The molecule has 0 saturated carbocycles. The summed E-state index contributed by atoms with van der Waals surface area (Å²) in [6, 6.07) is 6.07. The maximum absolute atomic E-state index is 13.3. The maximum Gasteiger partial charge on any atom is 0.254 e. The molecule has 2 aromatic rings. The lowest BCUT2D eigenvalue weighted by atomic mass is 10.0. The highest BCUT2D eigenvalue weighted by atomic mass is 32.2. The zero-order chi connectivity index (χ0) is 22.1. The first-order valence-electron chi connectivity index (χ1n) is 10.3. The van der Waals surface area contributed by atoms with Gasteiger partial charge in [-0.05, 0) is 45.1 Å². The van der Waals surface area contributed by atoms with Crippen LogP contribution in [0.15, 0.2) is 34.0 Å². The SMILES string of the molecule is CCN(CC)S(=O)(=O)c1ccc2[nH]c(=O)cc(C(=O)N3CCCC(N(C)C)C3)c2c1. The van der Waals surface area contributed by atoms with E-state index in [2.05, 4.69) is 9.88 Å². The lowest BCUT2D eigenvalue weighted by Crippen LogP contribution is -2.47. The predicted octanol–water partition coefficient (Wildman–Crippen LogP) is 1.72. The molecule has 1 atom stereocenters. The minimum atomic E-state index is -3.68. The number of aromatic amines is 1. The molecular weight excluding hydrogens is 404 g/mol. The van der Waals surface area contributed by atoms with E-state index < -0.39 is 10.0 Å². The lowest BCUT2D eigenvalue weighted by Gasteiger charge is -2.36. The molecule has 3 rings (SSSR count). The quantitative estimate of drug-likeness (QED) is 0.747. The van der Waals surface area contributed by atoms with Crippen molar-refractivity contribution in [1.29, 1.82) is 0 Å². The summed E-state index contributed by atoms with van der Waals surface area (Å²) in [6.45, 7) is 5.48. The minimum Gasteiger partial charge on any atom is -0.337 e. The van der Waals surface area contributed by atoms with E-state index in [0.717, 1.165) is 12.8 Å². The van der Waals surface area contributed by atoms with Crippen LogP contribution < -0.4 is 5.56 Å². The molecule has 1 amide bonds. The second-order valence-corrected chi connectivity index (χ2v) is 9.79. The Kier molecular flexibility index (Phi) is 6.64. The Morgan fingerprint density at radius 3 is 2.53 bits per heavy atom. The van der Waals surface area contributed by atoms with Crippen molar-refractivity contribution in [3.8, 4) is 0 Å². The molecule has 0 aliphatic carbocycles. The van der Waals surface area contributed by atoms with Crippen LogP contribution in [0.4, 0.5) is 0 Å². The number of hydrogen-bond donors (Lipinski definition) is 1. The Balaban J connectivity index is 2.08. The van der Waals surface area contributed by atoms with Gasteiger partial charge in [-0.2, -0.15) is 4.31 Å². The standard InChI is InChI=1S/C21H30N4O4S/c1-5-25(6-2)30(28,29)16-9-10-19-17(12-16)18(13-20(26)22-19)21(27)24-11-7-8-15(14-24)23(3)4/h9-10,12-13,15H,5-8,11,14H2,1-4H3,(H,22,26). The van der Waals surface area contributed by atoms with Crippen molar-refractivity contribution in [3.63, 3.8) is 0 Å². The van der Waals surface area contributed by atoms with Gasteiger partial charge < -0.3 is 14.8 Å². The fourth-order valence-electron chi connectivity index (χ4n) is 4.01. The summed E-state index contributed by atoms with van der Waals surface area (Å²) in [5.74, 6) is -0.241. The van der Waals surface area contributed by atoms with Gasteiger partial charge in [0.15, 0.2) is 0 Å². The number of aromatic nitrogens is 1. The van der Waals surface area contributed by atoms with Crippen LogP contribution in [-0.4, -0.2) is 79.7 Å². The molecule has 1 aliphatic rings. The first kappa shape index (κ1) is 22.5. The zero-order valence-corrected chi connectivity index (χ0v) is 18.8. The highest BCUT2D eigenvalue weighted by Crippen LogP contribution is 2.25. The molecule has 9 heteroatoms. The number of likely N-dealkylation sites (N-methyl/N-ethyl adjacent to an activating group) is 1. The minimum absolute atomic E-state index is 0.115. The summed E-state index contributed by atoms with van der Waals surface area (Å²) < 4.78 is 27.3. The topological polar surface area (TPSA) is 93.8 Å². The zero-order valence-electron chi connectivity index (χ0n) is 18.0. The molecule has 1 aromatic heterocycles. The van der Waals surface area contributed by atoms with Crippen LogP contribution in [0.3, 0.4) is 0 Å². The normalized spacial score (nSPS) is 17.8. The van der Waals surface area contributed by atoms with Crippen LogP contribution in [-0.2, 0) is 10.0 Å². The number of carbonyl (C=O) groups is 1. The highest BCUT2D eigenvalue weighted by molar-refractivity contribution is 7.89. The average molecular weight is 435 g/mol. The van der Waals surface area contributed by atoms with E-state index in [1.807, 2.05) is 14.1 Å². The van der Waals surface area contributed by atoms with Crippen LogP contribution in [0.5, 0.6) is 0 Å².